The maximum absolute atomic E-state index is 12.4. The van der Waals surface area contributed by atoms with Crippen molar-refractivity contribution in [2.75, 3.05) is 35.2 Å². The summed E-state index contributed by atoms with van der Waals surface area (Å²) in [4.78, 5) is 14.8. The number of nitrogens with one attached hydrogen (secondary N) is 2. The molecule has 4 nitrogen and oxygen atoms in total. The molecule has 1 aliphatic heterocycles. The molecule has 3 aromatic rings. The molecule has 4 heteroatoms. The Morgan fingerprint density at radius 1 is 0.852 bits per heavy atom. The van der Waals surface area contributed by atoms with Gasteiger partial charge in [-0.05, 0) is 54.3 Å². The van der Waals surface area contributed by atoms with Gasteiger partial charge in [0.05, 0.1) is 17.9 Å². The zero-order valence-corrected chi connectivity index (χ0v) is 15.4. The minimum Gasteiger partial charge on any atom is -0.374 e. The molecule has 2 N–H and O–H groups in total. The first kappa shape index (κ1) is 17.4. The van der Waals surface area contributed by atoms with Crippen molar-refractivity contribution in [2.24, 2.45) is 0 Å². The molecule has 1 fully saturated rings. The van der Waals surface area contributed by atoms with E-state index in [0.717, 1.165) is 29.9 Å². The first-order valence-electron chi connectivity index (χ1n) is 9.66. The number of amides is 1. The fourth-order valence-electron chi connectivity index (χ4n) is 3.68. The molecule has 1 amide bonds. The van der Waals surface area contributed by atoms with Crippen molar-refractivity contribution in [3.8, 4) is 0 Å². The molecule has 0 unspecified atom stereocenters. The van der Waals surface area contributed by atoms with Crippen molar-refractivity contribution in [1.29, 1.82) is 0 Å². The van der Waals surface area contributed by atoms with Gasteiger partial charge in [-0.25, -0.2) is 0 Å². The van der Waals surface area contributed by atoms with Gasteiger partial charge >= 0.3 is 0 Å². The Bertz CT molecular complexity index is 932. The van der Waals surface area contributed by atoms with E-state index in [1.807, 2.05) is 42.5 Å². The topological polar surface area (TPSA) is 44.4 Å². The zero-order valence-electron chi connectivity index (χ0n) is 15.4. The Labute approximate surface area is 160 Å². The van der Waals surface area contributed by atoms with Gasteiger partial charge in [0.15, 0.2) is 0 Å². The Kier molecular flexibility index (Phi) is 5.24. The van der Waals surface area contributed by atoms with Crippen LogP contribution in [0.1, 0.15) is 19.3 Å². The van der Waals surface area contributed by atoms with Crippen LogP contribution in [-0.4, -0.2) is 25.5 Å². The van der Waals surface area contributed by atoms with Gasteiger partial charge in [-0.2, -0.15) is 0 Å². The van der Waals surface area contributed by atoms with Crippen LogP contribution in [0.15, 0.2) is 66.7 Å². The number of anilines is 3. The highest BCUT2D eigenvalue weighted by Crippen LogP contribution is 2.28. The minimum absolute atomic E-state index is 0.0428. The predicted molar refractivity (Wildman–Crippen MR) is 114 cm³/mol. The monoisotopic (exact) mass is 359 g/mol. The van der Waals surface area contributed by atoms with Crippen LogP contribution in [0.4, 0.5) is 17.1 Å². The van der Waals surface area contributed by atoms with Crippen LogP contribution in [0.2, 0.25) is 0 Å². The summed E-state index contributed by atoms with van der Waals surface area (Å²) >= 11 is 0. The normalized spacial score (nSPS) is 14.1. The van der Waals surface area contributed by atoms with Gasteiger partial charge in [0.25, 0.3) is 0 Å². The molecular weight excluding hydrogens is 334 g/mol. The fraction of sp³-hybridized carbons (Fsp3) is 0.261. The van der Waals surface area contributed by atoms with Crippen LogP contribution in [0, 0.1) is 0 Å². The van der Waals surface area contributed by atoms with E-state index in [2.05, 4.69) is 39.8 Å². The van der Waals surface area contributed by atoms with Crippen LogP contribution >= 0.6 is 0 Å². The maximum Gasteiger partial charge on any atom is 0.243 e. The van der Waals surface area contributed by atoms with E-state index < -0.39 is 0 Å². The molecule has 0 radical (unpaired) electrons. The van der Waals surface area contributed by atoms with Crippen molar-refractivity contribution in [2.45, 2.75) is 19.3 Å². The summed E-state index contributed by atoms with van der Waals surface area (Å²) in [5, 5.41) is 8.60. The summed E-state index contributed by atoms with van der Waals surface area (Å²) < 4.78 is 0. The smallest absolute Gasteiger partial charge is 0.243 e. The van der Waals surface area contributed by atoms with Crippen molar-refractivity contribution in [1.82, 2.24) is 0 Å². The number of fused-ring (bicyclic) bond motifs is 1. The fourth-order valence-corrected chi connectivity index (χ4v) is 3.68. The average molecular weight is 359 g/mol. The maximum atomic E-state index is 12.4. The Hall–Kier alpha value is -3.01. The van der Waals surface area contributed by atoms with Crippen LogP contribution in [0.5, 0.6) is 0 Å². The standard InChI is InChI=1S/C23H25N3O/c27-23(25-20-13-12-18-8-2-3-9-19(18)16-20)17-24-21-10-4-5-11-22(21)26-14-6-1-7-15-26/h2-5,8-13,16,24H,1,6-7,14-15,17H2,(H,25,27). The number of carbonyl (C=O) groups is 1. The quantitative estimate of drug-likeness (QED) is 0.682. The third-order valence-corrected chi connectivity index (χ3v) is 5.07. The first-order valence-corrected chi connectivity index (χ1v) is 9.66. The molecule has 27 heavy (non-hydrogen) atoms. The summed E-state index contributed by atoms with van der Waals surface area (Å²) in [5.74, 6) is -0.0428. The van der Waals surface area contributed by atoms with E-state index in [0.29, 0.717) is 0 Å². The van der Waals surface area contributed by atoms with Gasteiger partial charge in [-0.3, -0.25) is 4.79 Å². The lowest BCUT2D eigenvalue weighted by atomic mass is 10.1. The lowest BCUT2D eigenvalue weighted by Crippen LogP contribution is -2.30. The van der Waals surface area contributed by atoms with Gasteiger partial charge < -0.3 is 15.5 Å². The molecule has 0 atom stereocenters. The number of hydrogen-bond acceptors (Lipinski definition) is 3. The van der Waals surface area contributed by atoms with E-state index in [-0.39, 0.29) is 12.5 Å². The number of carbonyl (C=O) groups excluding carboxylic acids is 1. The highest BCUT2D eigenvalue weighted by molar-refractivity contribution is 5.96. The molecule has 1 saturated heterocycles. The van der Waals surface area contributed by atoms with Gasteiger partial charge in [-0.15, -0.1) is 0 Å². The summed E-state index contributed by atoms with van der Waals surface area (Å²) in [6.07, 6.45) is 3.77. The summed E-state index contributed by atoms with van der Waals surface area (Å²) in [6, 6.07) is 22.4. The predicted octanol–water partition coefficient (Wildman–Crippen LogP) is 4.88. The Morgan fingerprint density at radius 2 is 1.59 bits per heavy atom. The van der Waals surface area contributed by atoms with Gasteiger partial charge in [0, 0.05) is 18.8 Å². The van der Waals surface area contributed by atoms with E-state index in [9.17, 15) is 4.79 Å². The van der Waals surface area contributed by atoms with E-state index in [4.69, 9.17) is 0 Å². The van der Waals surface area contributed by atoms with Crippen LogP contribution < -0.4 is 15.5 Å². The number of nitrogens with zero attached hydrogens (tertiary/aromatic N) is 1. The van der Waals surface area contributed by atoms with Gasteiger partial charge in [0.2, 0.25) is 5.91 Å². The van der Waals surface area contributed by atoms with Gasteiger partial charge in [0.1, 0.15) is 0 Å². The Morgan fingerprint density at radius 3 is 2.44 bits per heavy atom. The number of benzene rings is 3. The van der Waals surface area contributed by atoms with Crippen molar-refractivity contribution < 1.29 is 4.79 Å². The lowest BCUT2D eigenvalue weighted by molar-refractivity contribution is -0.114. The highest BCUT2D eigenvalue weighted by atomic mass is 16.1. The molecule has 138 valence electrons. The molecular formula is C23H25N3O. The second kappa shape index (κ2) is 8.12. The first-order chi connectivity index (χ1) is 13.3. The molecule has 0 spiro atoms. The second-order valence-corrected chi connectivity index (χ2v) is 7.03. The summed E-state index contributed by atoms with van der Waals surface area (Å²) in [7, 11) is 0. The average Bonchev–Trinajstić information content (AvgIpc) is 2.73. The van der Waals surface area contributed by atoms with Crippen molar-refractivity contribution in [3.05, 3.63) is 66.7 Å². The third-order valence-electron chi connectivity index (χ3n) is 5.07. The molecule has 0 saturated carbocycles. The highest BCUT2D eigenvalue weighted by Gasteiger charge is 2.14. The SMILES string of the molecule is O=C(CNc1ccccc1N1CCCCC1)Nc1ccc2ccccc2c1. The van der Waals surface area contributed by atoms with E-state index >= 15 is 0 Å². The lowest BCUT2D eigenvalue weighted by Gasteiger charge is -2.30. The van der Waals surface area contributed by atoms with Crippen LogP contribution in [-0.2, 0) is 4.79 Å². The molecule has 3 aromatic carbocycles. The van der Waals surface area contributed by atoms with Crippen LogP contribution in [0.25, 0.3) is 10.8 Å². The molecule has 0 bridgehead atoms. The number of para-hydroxylation sites is 2. The van der Waals surface area contributed by atoms with E-state index in [1.165, 1.54) is 30.3 Å². The summed E-state index contributed by atoms with van der Waals surface area (Å²) in [5.41, 5.74) is 3.04. The zero-order chi connectivity index (χ0) is 18.5. The van der Waals surface area contributed by atoms with Gasteiger partial charge in [-0.1, -0.05) is 42.5 Å². The minimum atomic E-state index is -0.0428. The number of rotatable bonds is 5. The Balaban J connectivity index is 1.40. The van der Waals surface area contributed by atoms with Crippen molar-refractivity contribution >= 4 is 33.7 Å². The van der Waals surface area contributed by atoms with E-state index in [1.54, 1.807) is 0 Å². The number of hydrogen-bond donors (Lipinski definition) is 2. The van der Waals surface area contributed by atoms with Crippen molar-refractivity contribution in [3.63, 3.8) is 0 Å². The molecule has 1 heterocycles. The third kappa shape index (κ3) is 4.22. The second-order valence-electron chi connectivity index (χ2n) is 7.03. The molecule has 1 aliphatic rings. The number of piperidine rings is 1. The molecule has 0 aromatic heterocycles. The largest absolute Gasteiger partial charge is 0.374 e. The summed E-state index contributed by atoms with van der Waals surface area (Å²) in [6.45, 7) is 2.42. The molecule has 0 aliphatic carbocycles. The van der Waals surface area contributed by atoms with Crippen LogP contribution in [0.3, 0.4) is 0 Å². The molecule has 4 rings (SSSR count).